The van der Waals surface area contributed by atoms with Crippen LogP contribution in [0.1, 0.15) is 49.3 Å². The van der Waals surface area contributed by atoms with Gasteiger partial charge in [0.15, 0.2) is 0 Å². The van der Waals surface area contributed by atoms with Crippen molar-refractivity contribution in [1.29, 1.82) is 0 Å². The van der Waals surface area contributed by atoms with E-state index in [2.05, 4.69) is 51.1 Å². The Morgan fingerprint density at radius 2 is 2.00 bits per heavy atom. The lowest BCUT2D eigenvalue weighted by atomic mass is 9.93. The smallest absolute Gasteiger partial charge is 0.000107 e. The zero-order valence-electron chi connectivity index (χ0n) is 8.54. The van der Waals surface area contributed by atoms with E-state index >= 15 is 0 Å². The van der Waals surface area contributed by atoms with E-state index in [1.807, 2.05) is 0 Å². The highest BCUT2D eigenvalue weighted by molar-refractivity contribution is 5.65. The lowest BCUT2D eigenvalue weighted by Gasteiger charge is -2.12. The minimum atomic E-state index is 0.605. The molecule has 1 aromatic carbocycles. The number of rotatable bonds is 1. The highest BCUT2D eigenvalue weighted by Crippen LogP contribution is 2.34. The van der Waals surface area contributed by atoms with Crippen LogP contribution in [0.25, 0.3) is 6.08 Å². The number of allylic oxidation sites excluding steroid dienone is 1. The van der Waals surface area contributed by atoms with Gasteiger partial charge in [-0.25, -0.2) is 0 Å². The standard InChI is InChI=1S/C13H16/c1-9(2)11-5-4-6-12-10(3)7-8-13(11)12/h4-10H,1-3H3. The molecule has 0 nitrogen and oxygen atoms in total. The van der Waals surface area contributed by atoms with E-state index in [4.69, 9.17) is 0 Å². The molecule has 0 amide bonds. The largest absolute Gasteiger partial charge is 0.0766 e. The van der Waals surface area contributed by atoms with Crippen LogP contribution in [0.15, 0.2) is 24.3 Å². The second-order valence-electron chi connectivity index (χ2n) is 4.15. The van der Waals surface area contributed by atoms with Crippen LogP contribution >= 0.6 is 0 Å². The molecule has 0 bridgehead atoms. The molecule has 1 aromatic rings. The lowest BCUT2D eigenvalue weighted by Crippen LogP contribution is -1.94. The molecule has 2 rings (SSSR count). The Morgan fingerprint density at radius 3 is 2.69 bits per heavy atom. The minimum Gasteiger partial charge on any atom is -0.0766 e. The number of hydrogen-bond acceptors (Lipinski definition) is 0. The summed E-state index contributed by atoms with van der Waals surface area (Å²) in [6, 6.07) is 6.66. The van der Waals surface area contributed by atoms with Crippen LogP contribution in [0.4, 0.5) is 0 Å². The Morgan fingerprint density at radius 1 is 1.23 bits per heavy atom. The lowest BCUT2D eigenvalue weighted by molar-refractivity contribution is 0.857. The van der Waals surface area contributed by atoms with Crippen molar-refractivity contribution in [3.05, 3.63) is 41.0 Å². The van der Waals surface area contributed by atoms with Crippen molar-refractivity contribution in [2.24, 2.45) is 0 Å². The summed E-state index contributed by atoms with van der Waals surface area (Å²) in [6.07, 6.45) is 4.56. The molecular weight excluding hydrogens is 156 g/mol. The predicted molar refractivity (Wildman–Crippen MR) is 58.0 cm³/mol. The van der Waals surface area contributed by atoms with Gasteiger partial charge in [0.2, 0.25) is 0 Å². The molecule has 68 valence electrons. The van der Waals surface area contributed by atoms with Crippen LogP contribution in [-0.2, 0) is 0 Å². The van der Waals surface area contributed by atoms with Gasteiger partial charge >= 0.3 is 0 Å². The molecule has 1 atom stereocenters. The van der Waals surface area contributed by atoms with Crippen molar-refractivity contribution < 1.29 is 0 Å². The van der Waals surface area contributed by atoms with Crippen molar-refractivity contribution in [2.75, 3.05) is 0 Å². The molecular formula is C13H16. The van der Waals surface area contributed by atoms with Gasteiger partial charge in [0, 0.05) is 0 Å². The molecule has 0 heteroatoms. The van der Waals surface area contributed by atoms with Gasteiger partial charge in [-0.15, -0.1) is 0 Å². The van der Waals surface area contributed by atoms with Crippen LogP contribution in [0, 0.1) is 0 Å². The molecule has 0 N–H and O–H groups in total. The first-order valence-corrected chi connectivity index (χ1v) is 5.01. The van der Waals surface area contributed by atoms with Crippen molar-refractivity contribution in [3.63, 3.8) is 0 Å². The first-order chi connectivity index (χ1) is 6.20. The van der Waals surface area contributed by atoms with Crippen LogP contribution in [0.5, 0.6) is 0 Å². The molecule has 0 radical (unpaired) electrons. The molecule has 0 saturated carbocycles. The molecule has 0 fully saturated rings. The van der Waals surface area contributed by atoms with E-state index < -0.39 is 0 Å². The fraction of sp³-hybridized carbons (Fsp3) is 0.385. The van der Waals surface area contributed by atoms with E-state index in [0.29, 0.717) is 11.8 Å². The molecule has 0 spiro atoms. The Labute approximate surface area is 80.3 Å². The summed E-state index contributed by atoms with van der Waals surface area (Å²) in [5.41, 5.74) is 4.44. The Kier molecular flexibility index (Phi) is 1.99. The van der Waals surface area contributed by atoms with Gasteiger partial charge < -0.3 is 0 Å². The van der Waals surface area contributed by atoms with Crippen LogP contribution in [0.2, 0.25) is 0 Å². The number of hydrogen-bond donors (Lipinski definition) is 0. The molecule has 1 aliphatic rings. The maximum absolute atomic E-state index is 2.29. The maximum Gasteiger partial charge on any atom is -0.000107 e. The first kappa shape index (κ1) is 8.55. The fourth-order valence-electron chi connectivity index (χ4n) is 2.04. The second-order valence-corrected chi connectivity index (χ2v) is 4.15. The average Bonchev–Trinajstić information content (AvgIpc) is 2.48. The SMILES string of the molecule is CC(C)c1cccc2c1C=CC2C. The summed E-state index contributed by atoms with van der Waals surface area (Å²) in [4.78, 5) is 0. The Bertz CT molecular complexity index is 345. The summed E-state index contributed by atoms with van der Waals surface area (Å²) < 4.78 is 0. The Balaban J connectivity index is 2.56. The molecule has 0 aromatic heterocycles. The van der Waals surface area contributed by atoms with Crippen molar-refractivity contribution in [2.45, 2.75) is 32.6 Å². The summed E-state index contributed by atoms with van der Waals surface area (Å²) >= 11 is 0. The molecule has 0 saturated heterocycles. The van der Waals surface area contributed by atoms with Gasteiger partial charge in [0.1, 0.15) is 0 Å². The van der Waals surface area contributed by atoms with Gasteiger partial charge in [0.25, 0.3) is 0 Å². The summed E-state index contributed by atoms with van der Waals surface area (Å²) in [5.74, 6) is 1.23. The van der Waals surface area contributed by atoms with E-state index in [9.17, 15) is 0 Å². The third-order valence-electron chi connectivity index (χ3n) is 2.84. The number of benzene rings is 1. The fourth-order valence-corrected chi connectivity index (χ4v) is 2.04. The molecule has 0 heterocycles. The molecule has 13 heavy (non-hydrogen) atoms. The topological polar surface area (TPSA) is 0 Å². The van der Waals surface area contributed by atoms with E-state index in [1.54, 1.807) is 0 Å². The van der Waals surface area contributed by atoms with Crippen LogP contribution in [-0.4, -0.2) is 0 Å². The molecule has 0 aliphatic heterocycles. The van der Waals surface area contributed by atoms with Gasteiger partial charge in [-0.1, -0.05) is 51.1 Å². The van der Waals surface area contributed by atoms with Crippen molar-refractivity contribution in [3.8, 4) is 0 Å². The van der Waals surface area contributed by atoms with Crippen LogP contribution < -0.4 is 0 Å². The molecule has 1 aliphatic carbocycles. The zero-order chi connectivity index (χ0) is 9.42. The van der Waals surface area contributed by atoms with E-state index in [1.165, 1.54) is 16.7 Å². The highest BCUT2D eigenvalue weighted by atomic mass is 14.2. The van der Waals surface area contributed by atoms with Gasteiger partial charge in [-0.05, 0) is 28.5 Å². The normalized spacial score (nSPS) is 19.5. The summed E-state index contributed by atoms with van der Waals surface area (Å²) in [5, 5.41) is 0. The average molecular weight is 172 g/mol. The zero-order valence-corrected chi connectivity index (χ0v) is 8.54. The van der Waals surface area contributed by atoms with Gasteiger partial charge in [0.05, 0.1) is 0 Å². The van der Waals surface area contributed by atoms with E-state index in [-0.39, 0.29) is 0 Å². The first-order valence-electron chi connectivity index (χ1n) is 5.01. The number of fused-ring (bicyclic) bond motifs is 1. The van der Waals surface area contributed by atoms with Crippen molar-refractivity contribution in [1.82, 2.24) is 0 Å². The Hall–Kier alpha value is -1.04. The highest BCUT2D eigenvalue weighted by Gasteiger charge is 2.16. The molecule has 1 unspecified atom stereocenters. The third-order valence-corrected chi connectivity index (χ3v) is 2.84. The predicted octanol–water partition coefficient (Wildman–Crippen LogP) is 3.94. The monoisotopic (exact) mass is 172 g/mol. The quantitative estimate of drug-likeness (QED) is 0.602. The minimum absolute atomic E-state index is 0.605. The third kappa shape index (κ3) is 1.31. The summed E-state index contributed by atoms with van der Waals surface area (Å²) in [7, 11) is 0. The maximum atomic E-state index is 2.29. The van der Waals surface area contributed by atoms with Gasteiger partial charge in [-0.3, -0.25) is 0 Å². The van der Waals surface area contributed by atoms with E-state index in [0.717, 1.165) is 0 Å². The van der Waals surface area contributed by atoms with Gasteiger partial charge in [-0.2, -0.15) is 0 Å². The van der Waals surface area contributed by atoms with Crippen LogP contribution in [0.3, 0.4) is 0 Å². The van der Waals surface area contributed by atoms with Crippen molar-refractivity contribution >= 4 is 6.08 Å². The second kappa shape index (κ2) is 3.02. The summed E-state index contributed by atoms with van der Waals surface area (Å²) in [6.45, 7) is 6.77.